The van der Waals surface area contributed by atoms with Gasteiger partial charge < -0.3 is 10.1 Å². The van der Waals surface area contributed by atoms with E-state index in [1.54, 1.807) is 17.2 Å². The Morgan fingerprint density at radius 2 is 2.00 bits per heavy atom. The molecule has 3 rings (SSSR count). The van der Waals surface area contributed by atoms with Crippen LogP contribution in [0.2, 0.25) is 0 Å². The fourth-order valence-corrected chi connectivity index (χ4v) is 2.58. The van der Waals surface area contributed by atoms with E-state index in [-0.39, 0.29) is 12.1 Å². The first-order chi connectivity index (χ1) is 11.0. The van der Waals surface area contributed by atoms with Crippen LogP contribution in [0.4, 0.5) is 16.6 Å². The summed E-state index contributed by atoms with van der Waals surface area (Å²) in [6.45, 7) is 6.28. The molecule has 1 N–H and O–H groups in total. The summed E-state index contributed by atoms with van der Waals surface area (Å²) in [5.74, 6) is 1.02. The topological polar surface area (TPSA) is 67.4 Å². The molecule has 1 aliphatic heterocycles. The molecule has 120 valence electrons. The highest BCUT2D eigenvalue weighted by Crippen LogP contribution is 2.29. The summed E-state index contributed by atoms with van der Waals surface area (Å²) >= 11 is 0. The third-order valence-corrected chi connectivity index (χ3v) is 3.85. The van der Waals surface area contributed by atoms with Gasteiger partial charge in [0.1, 0.15) is 12.4 Å². The molecule has 1 amide bonds. The van der Waals surface area contributed by atoms with E-state index >= 15 is 0 Å². The Kier molecular flexibility index (Phi) is 3.90. The van der Waals surface area contributed by atoms with E-state index in [2.05, 4.69) is 15.3 Å². The second-order valence-electron chi connectivity index (χ2n) is 6.22. The number of ether oxygens (including phenoxy) is 1. The number of carbonyl (C=O) groups is 1. The lowest BCUT2D eigenvalue weighted by atomic mass is 10.1. The van der Waals surface area contributed by atoms with E-state index in [0.717, 1.165) is 5.56 Å². The molecular formula is C17H20N4O2. The molecule has 2 heterocycles. The fraction of sp³-hybridized carbons (Fsp3) is 0.353. The van der Waals surface area contributed by atoms with Crippen molar-refractivity contribution < 1.29 is 9.53 Å². The van der Waals surface area contributed by atoms with Crippen molar-refractivity contribution in [2.75, 3.05) is 16.8 Å². The number of amides is 1. The van der Waals surface area contributed by atoms with Crippen molar-refractivity contribution in [2.24, 2.45) is 0 Å². The summed E-state index contributed by atoms with van der Waals surface area (Å²) in [4.78, 5) is 22.2. The minimum atomic E-state index is -0.423. The Morgan fingerprint density at radius 3 is 2.65 bits per heavy atom. The zero-order valence-corrected chi connectivity index (χ0v) is 13.5. The van der Waals surface area contributed by atoms with Crippen LogP contribution in [0.25, 0.3) is 0 Å². The third kappa shape index (κ3) is 3.11. The molecule has 1 atom stereocenters. The van der Waals surface area contributed by atoms with E-state index in [1.807, 2.05) is 51.1 Å². The van der Waals surface area contributed by atoms with Gasteiger partial charge in [-0.05, 0) is 32.4 Å². The lowest BCUT2D eigenvalue weighted by molar-refractivity contribution is 0.175. The number of cyclic esters (lactones) is 1. The molecule has 1 fully saturated rings. The number of anilines is 2. The van der Waals surface area contributed by atoms with Crippen molar-refractivity contribution in [2.45, 2.75) is 32.4 Å². The average molecular weight is 312 g/mol. The van der Waals surface area contributed by atoms with Gasteiger partial charge in [0.15, 0.2) is 0 Å². The van der Waals surface area contributed by atoms with E-state index < -0.39 is 5.54 Å². The first-order valence-corrected chi connectivity index (χ1v) is 7.59. The maximum absolute atomic E-state index is 12.0. The maximum Gasteiger partial charge on any atom is 0.416 e. The number of nitrogens with one attached hydrogen (secondary N) is 1. The molecule has 0 saturated carbocycles. The van der Waals surface area contributed by atoms with Crippen molar-refractivity contribution >= 4 is 17.9 Å². The lowest BCUT2D eigenvalue weighted by Gasteiger charge is -2.27. The molecule has 0 bridgehead atoms. The van der Waals surface area contributed by atoms with Gasteiger partial charge in [0.25, 0.3) is 0 Å². The molecule has 2 aromatic rings. The van der Waals surface area contributed by atoms with Gasteiger partial charge >= 0.3 is 6.09 Å². The van der Waals surface area contributed by atoms with E-state index in [4.69, 9.17) is 4.74 Å². The number of aromatic nitrogens is 2. The molecule has 0 unspecified atom stereocenters. The smallest absolute Gasteiger partial charge is 0.416 e. The summed E-state index contributed by atoms with van der Waals surface area (Å²) in [7, 11) is 0. The van der Waals surface area contributed by atoms with Crippen molar-refractivity contribution in [3.05, 3.63) is 48.2 Å². The van der Waals surface area contributed by atoms with Crippen LogP contribution in [0.5, 0.6) is 0 Å². The Balaban J connectivity index is 1.82. The van der Waals surface area contributed by atoms with Gasteiger partial charge in [-0.3, -0.25) is 4.90 Å². The Hall–Kier alpha value is -2.63. The lowest BCUT2D eigenvalue weighted by Crippen LogP contribution is -2.42. The second kappa shape index (κ2) is 5.87. The molecule has 0 radical (unpaired) electrons. The molecule has 6 nitrogen and oxygen atoms in total. The van der Waals surface area contributed by atoms with Gasteiger partial charge in [-0.25, -0.2) is 9.78 Å². The predicted molar refractivity (Wildman–Crippen MR) is 88.4 cm³/mol. The first-order valence-electron chi connectivity index (χ1n) is 7.59. The van der Waals surface area contributed by atoms with Crippen LogP contribution >= 0.6 is 0 Å². The second-order valence-corrected chi connectivity index (χ2v) is 6.22. The normalized spacial score (nSPS) is 17.7. The van der Waals surface area contributed by atoms with Gasteiger partial charge in [-0.15, -0.1) is 0 Å². The van der Waals surface area contributed by atoms with Gasteiger partial charge in [0, 0.05) is 6.20 Å². The Labute approximate surface area is 135 Å². The van der Waals surface area contributed by atoms with Crippen molar-refractivity contribution in [3.63, 3.8) is 0 Å². The zero-order chi connectivity index (χ0) is 16.4. The van der Waals surface area contributed by atoms with E-state index in [1.165, 1.54) is 0 Å². The summed E-state index contributed by atoms with van der Waals surface area (Å²) in [6.07, 6.45) is 1.26. The molecular weight excluding hydrogens is 292 g/mol. The van der Waals surface area contributed by atoms with Crippen molar-refractivity contribution in [3.8, 4) is 0 Å². The Bertz CT molecular complexity index is 703. The van der Waals surface area contributed by atoms with Crippen LogP contribution < -0.4 is 10.2 Å². The van der Waals surface area contributed by atoms with E-state index in [0.29, 0.717) is 18.4 Å². The molecule has 1 aromatic carbocycles. The molecule has 23 heavy (non-hydrogen) atoms. The summed E-state index contributed by atoms with van der Waals surface area (Å²) < 4.78 is 5.13. The fourth-order valence-electron chi connectivity index (χ4n) is 2.58. The monoisotopic (exact) mass is 312 g/mol. The van der Waals surface area contributed by atoms with Crippen LogP contribution in [0.1, 0.15) is 32.4 Å². The minimum absolute atomic E-state index is 0.0602. The molecule has 1 saturated heterocycles. The Morgan fingerprint density at radius 1 is 1.26 bits per heavy atom. The average Bonchev–Trinajstić information content (AvgIpc) is 2.81. The van der Waals surface area contributed by atoms with Crippen LogP contribution in [-0.4, -0.2) is 28.2 Å². The minimum Gasteiger partial charge on any atom is -0.447 e. The number of hydrogen-bond donors (Lipinski definition) is 1. The highest BCUT2D eigenvalue weighted by molar-refractivity contribution is 5.90. The van der Waals surface area contributed by atoms with Gasteiger partial charge in [-0.2, -0.15) is 4.98 Å². The van der Waals surface area contributed by atoms with Gasteiger partial charge in [0.2, 0.25) is 5.95 Å². The highest BCUT2D eigenvalue weighted by atomic mass is 16.6. The molecule has 0 aliphatic carbocycles. The predicted octanol–water partition coefficient (Wildman–Crippen LogP) is 3.38. The number of benzene rings is 1. The standard InChI is InChI=1S/C17H20N4O2/c1-12(13-7-5-4-6-8-13)19-15-18-10-9-14(20-15)21-16(22)23-11-17(21,2)3/h4-10,12H,11H2,1-3H3,(H,18,19,20)/t12-/m0/s1. The van der Waals surface area contributed by atoms with Crippen molar-refractivity contribution in [1.82, 2.24) is 9.97 Å². The van der Waals surface area contributed by atoms with Gasteiger partial charge in [-0.1, -0.05) is 30.3 Å². The zero-order valence-electron chi connectivity index (χ0n) is 13.5. The maximum atomic E-state index is 12.0. The van der Waals surface area contributed by atoms with Gasteiger partial charge in [0.05, 0.1) is 11.6 Å². The quantitative estimate of drug-likeness (QED) is 0.937. The summed E-state index contributed by atoms with van der Waals surface area (Å²) in [5, 5.41) is 3.26. The van der Waals surface area contributed by atoms with Crippen LogP contribution in [0.15, 0.2) is 42.6 Å². The highest BCUT2D eigenvalue weighted by Gasteiger charge is 2.41. The summed E-state index contributed by atoms with van der Waals surface area (Å²) in [6, 6.07) is 11.8. The molecule has 1 aromatic heterocycles. The first kappa shape index (κ1) is 15.3. The van der Waals surface area contributed by atoms with E-state index in [9.17, 15) is 4.79 Å². The number of rotatable bonds is 4. The largest absolute Gasteiger partial charge is 0.447 e. The van der Waals surface area contributed by atoms with Crippen LogP contribution in [0.3, 0.4) is 0 Å². The molecule has 1 aliphatic rings. The van der Waals surface area contributed by atoms with Crippen LogP contribution in [0, 0.1) is 0 Å². The number of carbonyl (C=O) groups excluding carboxylic acids is 1. The number of nitrogens with zero attached hydrogens (tertiary/aromatic N) is 3. The molecule has 6 heteroatoms. The number of hydrogen-bond acceptors (Lipinski definition) is 5. The third-order valence-electron chi connectivity index (χ3n) is 3.85. The SMILES string of the molecule is C[C@H](Nc1nccc(N2C(=O)OCC2(C)C)n1)c1ccccc1. The van der Waals surface area contributed by atoms with Crippen molar-refractivity contribution in [1.29, 1.82) is 0 Å². The summed E-state index contributed by atoms with van der Waals surface area (Å²) in [5.41, 5.74) is 0.718. The van der Waals surface area contributed by atoms with Crippen LogP contribution in [-0.2, 0) is 4.74 Å². The molecule has 0 spiro atoms.